The Morgan fingerprint density at radius 2 is 1.24 bits per heavy atom. The molecule has 11 heteroatoms. The minimum atomic E-state index is -0.937. The van der Waals surface area contributed by atoms with Crippen molar-refractivity contribution in [1.82, 2.24) is 19.9 Å². The highest BCUT2D eigenvalue weighted by atomic mass is 16.6. The molecule has 0 spiro atoms. The first-order valence-electron chi connectivity index (χ1n) is 14.4. The number of nitrogens with one attached hydrogen (secondary N) is 2. The number of aryl methyl sites for hydroxylation is 2. The Bertz CT molecular complexity index is 2060. The second-order valence-electron chi connectivity index (χ2n) is 11.1. The van der Waals surface area contributed by atoms with Crippen molar-refractivity contribution in [1.29, 1.82) is 0 Å². The smallest absolute Gasteiger partial charge is 0.303 e. The average Bonchev–Trinajstić information content (AvgIpc) is 3.63. The first-order valence-corrected chi connectivity index (χ1v) is 14.4. The van der Waals surface area contributed by atoms with E-state index in [0.717, 1.165) is 56.2 Å². The molecule has 0 unspecified atom stereocenters. The van der Waals surface area contributed by atoms with Crippen molar-refractivity contribution < 1.29 is 24.7 Å². The number of H-pyrrole nitrogens is 2. The van der Waals surface area contributed by atoms with E-state index in [1.54, 1.807) is 12.1 Å². The lowest BCUT2D eigenvalue weighted by Crippen LogP contribution is -1.97. The van der Waals surface area contributed by atoms with Crippen molar-refractivity contribution in [3.8, 4) is 0 Å². The molecule has 3 aromatic rings. The van der Waals surface area contributed by atoms with Crippen LogP contribution in [0.4, 0.5) is 0 Å². The third-order valence-corrected chi connectivity index (χ3v) is 8.38. The highest BCUT2D eigenvalue weighted by Crippen LogP contribution is 2.38. The number of aromatic amines is 2. The predicted octanol–water partition coefficient (Wildman–Crippen LogP) is 7.41. The van der Waals surface area contributed by atoms with Gasteiger partial charge in [-0.05, 0) is 98.2 Å². The van der Waals surface area contributed by atoms with Gasteiger partial charge in [-0.1, -0.05) is 12.7 Å². The summed E-state index contributed by atoms with van der Waals surface area (Å²) in [6, 6.07) is 7.46. The fourth-order valence-electron chi connectivity index (χ4n) is 5.85. The number of aromatic nitrogens is 4. The van der Waals surface area contributed by atoms with Crippen LogP contribution in [0.1, 0.15) is 84.6 Å². The van der Waals surface area contributed by atoms with Crippen LogP contribution >= 0.6 is 0 Å². The molecule has 0 saturated carbocycles. The number of nitrogens with zero attached hydrogens (tertiary/aromatic N) is 3. The zero-order valence-electron chi connectivity index (χ0n) is 25.4. The Morgan fingerprint density at radius 1 is 0.778 bits per heavy atom. The second kappa shape index (κ2) is 12.2. The normalized spacial score (nSPS) is 13.2. The van der Waals surface area contributed by atoms with Crippen LogP contribution in [-0.2, 0) is 9.59 Å². The Labute approximate surface area is 258 Å². The van der Waals surface area contributed by atoms with Crippen LogP contribution in [0, 0.1) is 24.0 Å². The molecule has 230 valence electrons. The lowest BCUT2D eigenvalue weighted by atomic mass is 9.98. The lowest BCUT2D eigenvalue weighted by molar-refractivity contribution is -0.400. The summed E-state index contributed by atoms with van der Waals surface area (Å²) < 4.78 is 0. The molecule has 2 aliphatic rings. The topological polar surface area (TPSA) is 175 Å². The molecule has 3 aromatic heterocycles. The number of allylic oxidation sites excluding steroid dienone is 4. The summed E-state index contributed by atoms with van der Waals surface area (Å²) in [4.78, 5) is 50.5. The van der Waals surface area contributed by atoms with Gasteiger partial charge in [-0.3, -0.25) is 19.7 Å². The van der Waals surface area contributed by atoms with Crippen molar-refractivity contribution >= 4 is 68.4 Å². The lowest BCUT2D eigenvalue weighted by Gasteiger charge is -2.05. The Morgan fingerprint density at radius 3 is 1.73 bits per heavy atom. The summed E-state index contributed by atoms with van der Waals surface area (Å²) >= 11 is 0. The second-order valence-corrected chi connectivity index (χ2v) is 11.1. The molecule has 45 heavy (non-hydrogen) atoms. The van der Waals surface area contributed by atoms with Gasteiger partial charge in [-0.15, -0.1) is 0 Å². The first kappa shape index (κ1) is 30.9. The van der Waals surface area contributed by atoms with Crippen molar-refractivity contribution in [3.63, 3.8) is 0 Å². The van der Waals surface area contributed by atoms with Gasteiger partial charge in [0.15, 0.2) is 0 Å². The van der Waals surface area contributed by atoms with Crippen LogP contribution in [0.5, 0.6) is 0 Å². The maximum absolute atomic E-state index is 11.6. The number of nitro groups is 1. The molecule has 2 aliphatic heterocycles. The predicted molar refractivity (Wildman–Crippen MR) is 175 cm³/mol. The maximum atomic E-state index is 11.6. The molecular formula is C34H33N5O6. The van der Waals surface area contributed by atoms with E-state index in [9.17, 15) is 29.9 Å². The fourth-order valence-corrected chi connectivity index (χ4v) is 5.85. The number of hydrogen-bond acceptors (Lipinski definition) is 6. The molecule has 5 rings (SSSR count). The molecule has 0 aromatic carbocycles. The van der Waals surface area contributed by atoms with E-state index >= 15 is 0 Å². The number of aliphatic carboxylic acids is 2. The van der Waals surface area contributed by atoms with E-state index < -0.39 is 16.9 Å². The SMILES string of the molecule is C=Cc1c(C)c2cc3[nH]c(cc4nc(cc5nc(cc1[nH]2)C(C)=C5CCC(=O)O)C(CCC(=O)O)=C4C)c(C)c3/C=C/[N+](=O)[O-]. The summed E-state index contributed by atoms with van der Waals surface area (Å²) in [5.41, 5.74) is 11.6. The molecule has 5 heterocycles. The molecule has 0 saturated heterocycles. The minimum Gasteiger partial charge on any atom is -0.481 e. The Hall–Kier alpha value is -5.58. The molecule has 0 amide bonds. The third kappa shape index (κ3) is 6.10. The molecule has 0 radical (unpaired) electrons. The molecule has 0 aliphatic carbocycles. The van der Waals surface area contributed by atoms with Gasteiger partial charge in [0.25, 0.3) is 0 Å². The van der Waals surface area contributed by atoms with E-state index in [4.69, 9.17) is 9.97 Å². The minimum absolute atomic E-state index is 0.0781. The van der Waals surface area contributed by atoms with Crippen molar-refractivity contribution in [3.05, 3.63) is 92.2 Å². The van der Waals surface area contributed by atoms with Crippen LogP contribution in [-0.4, -0.2) is 47.0 Å². The van der Waals surface area contributed by atoms with E-state index in [1.165, 1.54) is 6.08 Å². The van der Waals surface area contributed by atoms with Gasteiger partial charge in [0.05, 0.1) is 27.7 Å². The van der Waals surface area contributed by atoms with Crippen LogP contribution in [0.2, 0.25) is 0 Å². The number of carboxylic acid groups (broad SMARTS) is 2. The zero-order chi connectivity index (χ0) is 32.6. The van der Waals surface area contributed by atoms with Crippen LogP contribution in [0.25, 0.3) is 56.5 Å². The van der Waals surface area contributed by atoms with Gasteiger partial charge in [0.2, 0.25) is 6.20 Å². The number of carboxylic acids is 2. The van der Waals surface area contributed by atoms with Crippen LogP contribution in [0.3, 0.4) is 0 Å². The van der Waals surface area contributed by atoms with Crippen molar-refractivity contribution in [2.24, 2.45) is 0 Å². The van der Waals surface area contributed by atoms with E-state index in [0.29, 0.717) is 39.4 Å². The molecular weight excluding hydrogens is 574 g/mol. The Balaban J connectivity index is 1.94. The first-order chi connectivity index (χ1) is 21.4. The molecule has 0 atom stereocenters. The molecule has 11 nitrogen and oxygen atoms in total. The number of carbonyl (C=O) groups is 2. The van der Waals surface area contributed by atoms with Gasteiger partial charge in [-0.25, -0.2) is 9.97 Å². The third-order valence-electron chi connectivity index (χ3n) is 8.38. The average molecular weight is 608 g/mol. The largest absolute Gasteiger partial charge is 0.481 e. The van der Waals surface area contributed by atoms with E-state index in [1.807, 2.05) is 45.9 Å². The van der Waals surface area contributed by atoms with Crippen LogP contribution < -0.4 is 0 Å². The quantitative estimate of drug-likeness (QED) is 0.144. The summed E-state index contributed by atoms with van der Waals surface area (Å²) in [6.07, 6.45) is 4.44. The summed E-state index contributed by atoms with van der Waals surface area (Å²) in [6.45, 7) is 11.6. The zero-order valence-corrected chi connectivity index (χ0v) is 25.4. The van der Waals surface area contributed by atoms with Crippen LogP contribution in [0.15, 0.2) is 37.0 Å². The summed E-state index contributed by atoms with van der Waals surface area (Å²) in [5, 5.41) is 30.2. The van der Waals surface area contributed by atoms with E-state index in [2.05, 4.69) is 16.5 Å². The van der Waals surface area contributed by atoms with Crippen molar-refractivity contribution in [2.75, 3.05) is 0 Å². The number of fused-ring (bicyclic) bond motifs is 8. The number of hydrogen-bond donors (Lipinski definition) is 4. The molecule has 4 N–H and O–H groups in total. The highest BCUT2D eigenvalue weighted by Gasteiger charge is 2.22. The Kier molecular flexibility index (Phi) is 8.36. The number of rotatable bonds is 9. The standard InChI is InChI=1S/C34H33N5O6/c1-6-21-17(2)27-15-30-24(11-12-39(44)45)20(5)26(36-30)13-25-18(3)22(7-9-33(40)41)31(37-25)16-32-23(8-10-34(42)43)19(4)28(38-32)14-29(21)35-27/h6,11-16,35-36H,1,7-10H2,2-5H3,(H,40,41)(H,42,43)/b12-11+,25-13?,26-13?,27-15?,28-14?,29-14?,30-15?,31-16?,32-16?. The van der Waals surface area contributed by atoms with Gasteiger partial charge in [0, 0.05) is 52.1 Å². The summed E-state index contributed by atoms with van der Waals surface area (Å²) in [5.74, 6) is -1.86. The van der Waals surface area contributed by atoms with Gasteiger partial charge < -0.3 is 20.2 Å². The van der Waals surface area contributed by atoms with Gasteiger partial charge in [-0.2, -0.15) is 0 Å². The highest BCUT2D eigenvalue weighted by molar-refractivity contribution is 5.97. The maximum Gasteiger partial charge on any atom is 0.303 e. The van der Waals surface area contributed by atoms with Crippen molar-refractivity contribution in [2.45, 2.75) is 53.4 Å². The molecule has 8 bridgehead atoms. The fraction of sp³-hybridized carbons (Fsp3) is 0.235. The summed E-state index contributed by atoms with van der Waals surface area (Å²) in [7, 11) is 0. The van der Waals surface area contributed by atoms with E-state index in [-0.39, 0.29) is 25.7 Å². The van der Waals surface area contributed by atoms with Gasteiger partial charge >= 0.3 is 11.9 Å². The van der Waals surface area contributed by atoms with Gasteiger partial charge in [0.1, 0.15) is 0 Å². The monoisotopic (exact) mass is 607 g/mol. The molecule has 0 fully saturated rings.